The molecule has 5 heteroatoms. The van der Waals surface area contributed by atoms with Gasteiger partial charge in [-0.2, -0.15) is 0 Å². The molecule has 4 nitrogen and oxygen atoms in total. The second-order valence-corrected chi connectivity index (χ2v) is 6.91. The lowest BCUT2D eigenvalue weighted by Gasteiger charge is -2.39. The summed E-state index contributed by atoms with van der Waals surface area (Å²) < 4.78 is 18.8. The number of piperidine rings is 1. The third kappa shape index (κ3) is 3.62. The Morgan fingerprint density at radius 1 is 1.33 bits per heavy atom. The first-order valence-electron chi connectivity index (χ1n) is 9.01. The molecule has 1 aromatic rings. The van der Waals surface area contributed by atoms with Crippen LogP contribution in [0.5, 0.6) is 0 Å². The fourth-order valence-electron chi connectivity index (χ4n) is 3.92. The van der Waals surface area contributed by atoms with Gasteiger partial charge in [0.2, 0.25) is 5.91 Å². The molecule has 132 valence electrons. The van der Waals surface area contributed by atoms with Gasteiger partial charge < -0.3 is 15.0 Å². The zero-order chi connectivity index (χ0) is 17.0. The van der Waals surface area contributed by atoms with E-state index in [-0.39, 0.29) is 17.8 Å². The first-order chi connectivity index (χ1) is 11.6. The molecule has 2 saturated heterocycles. The minimum atomic E-state index is -0.597. The van der Waals surface area contributed by atoms with Crippen LogP contribution in [-0.2, 0) is 14.9 Å². The van der Waals surface area contributed by atoms with E-state index in [1.54, 1.807) is 12.1 Å². The first-order valence-corrected chi connectivity index (χ1v) is 9.01. The number of ether oxygens (including phenoxy) is 1. The minimum absolute atomic E-state index is 0.0698. The Labute approximate surface area is 143 Å². The van der Waals surface area contributed by atoms with Crippen LogP contribution >= 0.6 is 0 Å². The summed E-state index contributed by atoms with van der Waals surface area (Å²) in [5.74, 6) is -0.201. The van der Waals surface area contributed by atoms with Crippen LogP contribution in [0.3, 0.4) is 0 Å². The number of carbonyl (C=O) groups excluding carboxylic acids is 1. The molecule has 2 aliphatic rings. The maximum atomic E-state index is 13.3. The zero-order valence-electron chi connectivity index (χ0n) is 14.4. The highest BCUT2D eigenvalue weighted by Crippen LogP contribution is 2.35. The molecule has 0 spiro atoms. The van der Waals surface area contributed by atoms with Gasteiger partial charge in [-0.3, -0.25) is 4.79 Å². The highest BCUT2D eigenvalue weighted by molar-refractivity contribution is 5.88. The number of hydrogen-bond donors (Lipinski definition) is 1. The van der Waals surface area contributed by atoms with Crippen LogP contribution in [0.4, 0.5) is 4.39 Å². The Hall–Kier alpha value is -1.46. The molecule has 1 aromatic carbocycles. The molecule has 0 bridgehead atoms. The molecule has 0 aliphatic carbocycles. The van der Waals surface area contributed by atoms with Crippen molar-refractivity contribution in [1.29, 1.82) is 0 Å². The van der Waals surface area contributed by atoms with Crippen molar-refractivity contribution in [3.05, 3.63) is 35.6 Å². The van der Waals surface area contributed by atoms with E-state index in [0.717, 1.165) is 38.0 Å². The summed E-state index contributed by atoms with van der Waals surface area (Å²) in [6, 6.07) is 6.59. The summed E-state index contributed by atoms with van der Waals surface area (Å²) in [4.78, 5) is 15.6. The molecule has 2 heterocycles. The lowest BCUT2D eigenvalue weighted by Crippen LogP contribution is -2.54. The summed E-state index contributed by atoms with van der Waals surface area (Å²) >= 11 is 0. The Morgan fingerprint density at radius 2 is 2.04 bits per heavy atom. The predicted molar refractivity (Wildman–Crippen MR) is 91.4 cm³/mol. The summed E-state index contributed by atoms with van der Waals surface area (Å²) in [6.45, 7) is 6.33. The molecule has 1 N–H and O–H groups in total. The Kier molecular flexibility index (Phi) is 5.51. The van der Waals surface area contributed by atoms with Crippen LogP contribution in [0.15, 0.2) is 24.3 Å². The van der Waals surface area contributed by atoms with Crippen LogP contribution in [0, 0.1) is 5.82 Å². The molecule has 0 saturated carbocycles. The normalized spacial score (nSPS) is 24.5. The van der Waals surface area contributed by atoms with Gasteiger partial charge in [0, 0.05) is 25.8 Å². The predicted octanol–water partition coefficient (Wildman–Crippen LogP) is 2.47. The van der Waals surface area contributed by atoms with Crippen molar-refractivity contribution in [1.82, 2.24) is 10.2 Å². The van der Waals surface area contributed by atoms with Crippen molar-refractivity contribution in [3.8, 4) is 0 Å². The van der Waals surface area contributed by atoms with Gasteiger partial charge in [0.15, 0.2) is 0 Å². The van der Waals surface area contributed by atoms with Crippen molar-refractivity contribution in [2.75, 3.05) is 32.8 Å². The smallest absolute Gasteiger partial charge is 0.231 e. The number of likely N-dealkylation sites (N-methyl/N-ethyl adjacent to an activating group) is 1. The molecule has 3 rings (SSSR count). The van der Waals surface area contributed by atoms with Crippen LogP contribution in [0.1, 0.15) is 38.2 Å². The maximum absolute atomic E-state index is 13.3. The topological polar surface area (TPSA) is 41.6 Å². The molecular formula is C19H27FN2O2. The Morgan fingerprint density at radius 3 is 2.71 bits per heavy atom. The van der Waals surface area contributed by atoms with Crippen LogP contribution < -0.4 is 5.32 Å². The number of nitrogens with one attached hydrogen (secondary N) is 1. The van der Waals surface area contributed by atoms with Gasteiger partial charge in [0.05, 0.1) is 5.41 Å². The maximum Gasteiger partial charge on any atom is 0.231 e. The molecule has 2 aliphatic heterocycles. The minimum Gasteiger partial charge on any atom is -0.381 e. The third-order valence-corrected chi connectivity index (χ3v) is 5.47. The number of hydrogen-bond acceptors (Lipinski definition) is 3. The molecule has 2 fully saturated rings. The van der Waals surface area contributed by atoms with E-state index < -0.39 is 5.41 Å². The molecule has 1 atom stereocenters. The largest absolute Gasteiger partial charge is 0.381 e. The van der Waals surface area contributed by atoms with E-state index in [0.29, 0.717) is 26.1 Å². The number of rotatable bonds is 4. The first kappa shape index (κ1) is 17.4. The van der Waals surface area contributed by atoms with Crippen LogP contribution in [-0.4, -0.2) is 49.7 Å². The molecule has 1 amide bonds. The molecular weight excluding hydrogens is 307 g/mol. The van der Waals surface area contributed by atoms with E-state index >= 15 is 0 Å². The number of nitrogens with zero attached hydrogens (tertiary/aromatic N) is 1. The lowest BCUT2D eigenvalue weighted by molar-refractivity contribution is -0.131. The van der Waals surface area contributed by atoms with Gasteiger partial charge in [0.25, 0.3) is 0 Å². The summed E-state index contributed by atoms with van der Waals surface area (Å²) in [5.41, 5.74) is 0.299. The van der Waals surface area contributed by atoms with Crippen LogP contribution in [0.25, 0.3) is 0 Å². The average molecular weight is 334 g/mol. The quantitative estimate of drug-likeness (QED) is 0.920. The number of amides is 1. The number of carbonyl (C=O) groups is 1. The third-order valence-electron chi connectivity index (χ3n) is 5.47. The van der Waals surface area contributed by atoms with Crippen molar-refractivity contribution in [2.45, 2.75) is 44.1 Å². The SMILES string of the molecule is CCN1CCC[C@@H](NC(=O)C2(c3ccc(F)cc3)CCOCC2)C1. The second-order valence-electron chi connectivity index (χ2n) is 6.91. The second kappa shape index (κ2) is 7.62. The van der Waals surface area contributed by atoms with Crippen molar-refractivity contribution < 1.29 is 13.9 Å². The molecule has 0 unspecified atom stereocenters. The highest BCUT2D eigenvalue weighted by Gasteiger charge is 2.42. The fourth-order valence-corrected chi connectivity index (χ4v) is 3.92. The summed E-state index contributed by atoms with van der Waals surface area (Å²) in [7, 11) is 0. The van der Waals surface area contributed by atoms with Gasteiger partial charge in [-0.15, -0.1) is 0 Å². The Balaban J connectivity index is 1.78. The van der Waals surface area contributed by atoms with E-state index in [9.17, 15) is 9.18 Å². The van der Waals surface area contributed by atoms with E-state index in [4.69, 9.17) is 4.74 Å². The summed E-state index contributed by atoms with van der Waals surface area (Å²) in [5, 5.41) is 3.28. The number of benzene rings is 1. The molecule has 0 radical (unpaired) electrons. The fraction of sp³-hybridized carbons (Fsp3) is 0.632. The van der Waals surface area contributed by atoms with Crippen molar-refractivity contribution in [3.63, 3.8) is 0 Å². The average Bonchev–Trinajstić information content (AvgIpc) is 2.63. The monoisotopic (exact) mass is 334 g/mol. The van der Waals surface area contributed by atoms with Crippen molar-refractivity contribution in [2.24, 2.45) is 0 Å². The standard InChI is InChI=1S/C19H27FN2O2/c1-2-22-11-3-4-17(14-22)21-18(23)19(9-12-24-13-10-19)15-5-7-16(20)8-6-15/h5-8,17H,2-4,9-14H2,1H3,(H,21,23)/t17-/m1/s1. The molecule has 0 aromatic heterocycles. The highest BCUT2D eigenvalue weighted by atomic mass is 19.1. The molecule has 24 heavy (non-hydrogen) atoms. The van der Waals surface area contributed by atoms with Gasteiger partial charge in [-0.25, -0.2) is 4.39 Å². The van der Waals surface area contributed by atoms with E-state index in [1.807, 2.05) is 0 Å². The Bertz CT molecular complexity index is 555. The van der Waals surface area contributed by atoms with Crippen LogP contribution in [0.2, 0.25) is 0 Å². The van der Waals surface area contributed by atoms with Gasteiger partial charge >= 0.3 is 0 Å². The number of likely N-dealkylation sites (tertiary alicyclic amines) is 1. The van der Waals surface area contributed by atoms with Gasteiger partial charge in [-0.1, -0.05) is 19.1 Å². The number of halogens is 1. The zero-order valence-corrected chi connectivity index (χ0v) is 14.4. The van der Waals surface area contributed by atoms with Gasteiger partial charge in [-0.05, 0) is 56.5 Å². The summed E-state index contributed by atoms with van der Waals surface area (Å²) in [6.07, 6.45) is 3.44. The van der Waals surface area contributed by atoms with E-state index in [2.05, 4.69) is 17.1 Å². The van der Waals surface area contributed by atoms with Crippen molar-refractivity contribution >= 4 is 5.91 Å². The van der Waals surface area contributed by atoms with E-state index in [1.165, 1.54) is 12.1 Å². The lowest BCUT2D eigenvalue weighted by atomic mass is 9.73. The van der Waals surface area contributed by atoms with Gasteiger partial charge in [0.1, 0.15) is 5.82 Å².